The molecule has 0 aliphatic heterocycles. The number of rotatable bonds is 8. The lowest BCUT2D eigenvalue weighted by Gasteiger charge is -2.17. The van der Waals surface area contributed by atoms with Crippen LogP contribution in [-0.4, -0.2) is 46.1 Å². The van der Waals surface area contributed by atoms with E-state index in [0.29, 0.717) is 24.1 Å². The maximum atomic E-state index is 12.4. The predicted molar refractivity (Wildman–Crippen MR) is 78.0 cm³/mol. The van der Waals surface area contributed by atoms with Crippen molar-refractivity contribution >= 4 is 10.0 Å². The second-order valence-electron chi connectivity index (χ2n) is 5.12. The van der Waals surface area contributed by atoms with Crippen LogP contribution in [0, 0.1) is 0 Å². The summed E-state index contributed by atoms with van der Waals surface area (Å²) in [5.41, 5.74) is 0.998. The van der Waals surface area contributed by atoms with Gasteiger partial charge in [0.15, 0.2) is 0 Å². The third-order valence-corrected chi connectivity index (χ3v) is 5.24. The van der Waals surface area contributed by atoms with Crippen LogP contribution in [0.5, 0.6) is 0 Å². The first-order valence-electron chi connectivity index (χ1n) is 6.81. The van der Waals surface area contributed by atoms with E-state index in [1.807, 2.05) is 6.07 Å². The Hall–Kier alpha value is -0.950. The lowest BCUT2D eigenvalue weighted by atomic mass is 10.2. The summed E-state index contributed by atoms with van der Waals surface area (Å²) < 4.78 is 31.0. The van der Waals surface area contributed by atoms with Crippen LogP contribution in [0.1, 0.15) is 18.4 Å². The van der Waals surface area contributed by atoms with Gasteiger partial charge in [-0.3, -0.25) is 0 Å². The molecule has 1 N–H and O–H groups in total. The number of benzene rings is 1. The normalized spacial score (nSPS) is 15.8. The Balaban J connectivity index is 2.07. The monoisotopic (exact) mass is 298 g/mol. The van der Waals surface area contributed by atoms with E-state index in [9.17, 15) is 8.42 Å². The zero-order valence-corrected chi connectivity index (χ0v) is 12.8. The van der Waals surface area contributed by atoms with E-state index in [2.05, 4.69) is 5.32 Å². The molecule has 0 unspecified atom stereocenters. The predicted octanol–water partition coefficient (Wildman–Crippen LogP) is 1.21. The molecule has 1 aromatic rings. The van der Waals surface area contributed by atoms with Crippen molar-refractivity contribution in [2.75, 3.05) is 27.3 Å². The number of nitrogens with zero attached hydrogens (tertiary/aromatic N) is 1. The molecule has 2 rings (SSSR count). The fourth-order valence-electron chi connectivity index (χ4n) is 1.89. The molecular formula is C14H22N2O3S. The highest BCUT2D eigenvalue weighted by atomic mass is 32.2. The van der Waals surface area contributed by atoms with Crippen LogP contribution in [0.2, 0.25) is 0 Å². The molecule has 1 saturated carbocycles. The first kappa shape index (κ1) is 15.4. The highest BCUT2D eigenvalue weighted by Crippen LogP contribution is 2.20. The van der Waals surface area contributed by atoms with Gasteiger partial charge in [-0.1, -0.05) is 12.1 Å². The van der Waals surface area contributed by atoms with E-state index in [1.165, 1.54) is 17.1 Å². The van der Waals surface area contributed by atoms with Crippen molar-refractivity contribution in [3.8, 4) is 0 Å². The SMILES string of the molecule is COCCN(C)S(=O)(=O)c1cccc(CNC2CC2)c1. The number of hydrogen-bond donors (Lipinski definition) is 1. The molecule has 5 nitrogen and oxygen atoms in total. The van der Waals surface area contributed by atoms with Crippen molar-refractivity contribution in [3.63, 3.8) is 0 Å². The van der Waals surface area contributed by atoms with Gasteiger partial charge in [-0.25, -0.2) is 8.42 Å². The molecule has 1 aliphatic carbocycles. The molecule has 0 radical (unpaired) electrons. The van der Waals surface area contributed by atoms with Crippen molar-refractivity contribution < 1.29 is 13.2 Å². The molecule has 0 spiro atoms. The summed E-state index contributed by atoms with van der Waals surface area (Å²) >= 11 is 0. The molecule has 0 saturated heterocycles. The highest BCUT2D eigenvalue weighted by molar-refractivity contribution is 7.89. The summed E-state index contributed by atoms with van der Waals surface area (Å²) in [6.45, 7) is 1.46. The molecule has 0 atom stereocenters. The molecule has 1 fully saturated rings. The van der Waals surface area contributed by atoms with Gasteiger partial charge in [-0.15, -0.1) is 0 Å². The number of sulfonamides is 1. The Morgan fingerprint density at radius 2 is 2.15 bits per heavy atom. The summed E-state index contributed by atoms with van der Waals surface area (Å²) in [7, 11) is -0.298. The highest BCUT2D eigenvalue weighted by Gasteiger charge is 2.22. The molecule has 0 heterocycles. The number of methoxy groups -OCH3 is 1. The number of nitrogens with one attached hydrogen (secondary N) is 1. The van der Waals surface area contributed by atoms with Crippen LogP contribution >= 0.6 is 0 Å². The molecule has 1 aliphatic rings. The zero-order valence-electron chi connectivity index (χ0n) is 12.0. The van der Waals surface area contributed by atoms with Gasteiger partial charge >= 0.3 is 0 Å². The van der Waals surface area contributed by atoms with Crippen molar-refractivity contribution in [2.24, 2.45) is 0 Å². The van der Waals surface area contributed by atoms with Crippen LogP contribution in [0.25, 0.3) is 0 Å². The van der Waals surface area contributed by atoms with Crippen LogP contribution in [0.4, 0.5) is 0 Å². The average Bonchev–Trinajstić information content (AvgIpc) is 3.27. The summed E-state index contributed by atoms with van der Waals surface area (Å²) in [5, 5.41) is 3.39. The van der Waals surface area contributed by atoms with E-state index in [4.69, 9.17) is 4.74 Å². The summed E-state index contributed by atoms with van der Waals surface area (Å²) in [6.07, 6.45) is 2.44. The van der Waals surface area contributed by atoms with Crippen LogP contribution in [0.3, 0.4) is 0 Å². The van der Waals surface area contributed by atoms with Gasteiger partial charge in [0.2, 0.25) is 10.0 Å². The van der Waals surface area contributed by atoms with Gasteiger partial charge in [-0.2, -0.15) is 4.31 Å². The van der Waals surface area contributed by atoms with Gasteiger partial charge in [0, 0.05) is 33.3 Å². The fraction of sp³-hybridized carbons (Fsp3) is 0.571. The van der Waals surface area contributed by atoms with Gasteiger partial charge < -0.3 is 10.1 Å². The van der Waals surface area contributed by atoms with Crippen LogP contribution in [-0.2, 0) is 21.3 Å². The smallest absolute Gasteiger partial charge is 0.242 e. The third kappa shape index (κ3) is 4.02. The minimum atomic E-state index is -3.43. The molecule has 20 heavy (non-hydrogen) atoms. The van der Waals surface area contributed by atoms with Gasteiger partial charge in [0.25, 0.3) is 0 Å². The topological polar surface area (TPSA) is 58.6 Å². The van der Waals surface area contributed by atoms with Crippen LogP contribution < -0.4 is 5.32 Å². The van der Waals surface area contributed by atoms with Gasteiger partial charge in [0.05, 0.1) is 11.5 Å². The quantitative estimate of drug-likeness (QED) is 0.783. The minimum Gasteiger partial charge on any atom is -0.383 e. The molecule has 1 aromatic carbocycles. The summed E-state index contributed by atoms with van der Waals surface area (Å²) in [6, 6.07) is 7.73. The second-order valence-corrected chi connectivity index (χ2v) is 7.17. The number of likely N-dealkylation sites (N-methyl/N-ethyl adjacent to an activating group) is 1. The van der Waals surface area contributed by atoms with Crippen molar-refractivity contribution in [3.05, 3.63) is 29.8 Å². The largest absolute Gasteiger partial charge is 0.383 e. The maximum absolute atomic E-state index is 12.4. The lowest BCUT2D eigenvalue weighted by Crippen LogP contribution is -2.30. The molecule has 6 heteroatoms. The number of ether oxygens (including phenoxy) is 1. The fourth-order valence-corrected chi connectivity index (χ4v) is 3.11. The van der Waals surface area contributed by atoms with E-state index in [-0.39, 0.29) is 0 Å². The van der Waals surface area contributed by atoms with Crippen LogP contribution in [0.15, 0.2) is 29.2 Å². The third-order valence-electron chi connectivity index (χ3n) is 3.39. The number of hydrogen-bond acceptors (Lipinski definition) is 4. The maximum Gasteiger partial charge on any atom is 0.242 e. The molecule has 0 aromatic heterocycles. The van der Waals surface area contributed by atoms with E-state index in [1.54, 1.807) is 32.4 Å². The zero-order chi connectivity index (χ0) is 14.6. The summed E-state index contributed by atoms with van der Waals surface area (Å²) in [4.78, 5) is 0.339. The lowest BCUT2D eigenvalue weighted by molar-refractivity contribution is 0.185. The standard InChI is InChI=1S/C14H22N2O3S/c1-16(8-9-19-2)20(17,18)14-5-3-4-12(10-14)11-15-13-6-7-13/h3-5,10,13,15H,6-9,11H2,1-2H3. The molecule has 0 amide bonds. The van der Waals surface area contributed by atoms with Gasteiger partial charge in [0.1, 0.15) is 0 Å². The van der Waals surface area contributed by atoms with E-state index >= 15 is 0 Å². The molecular weight excluding hydrogens is 276 g/mol. The van der Waals surface area contributed by atoms with Crippen molar-refractivity contribution in [1.29, 1.82) is 0 Å². The Bertz CT molecular complexity index is 541. The molecule has 112 valence electrons. The molecule has 0 bridgehead atoms. The Morgan fingerprint density at radius 3 is 2.80 bits per heavy atom. The second kappa shape index (κ2) is 6.67. The minimum absolute atomic E-state index is 0.339. The first-order chi connectivity index (χ1) is 9.54. The van der Waals surface area contributed by atoms with Crippen molar-refractivity contribution in [1.82, 2.24) is 9.62 Å². The summed E-state index contributed by atoms with van der Waals surface area (Å²) in [5.74, 6) is 0. The first-order valence-corrected chi connectivity index (χ1v) is 8.25. The van der Waals surface area contributed by atoms with Crippen molar-refractivity contribution in [2.45, 2.75) is 30.3 Å². The Kier molecular flexibility index (Phi) is 5.15. The average molecular weight is 298 g/mol. The van der Waals surface area contributed by atoms with E-state index in [0.717, 1.165) is 12.1 Å². The Labute approximate surface area is 121 Å². The Morgan fingerprint density at radius 1 is 1.40 bits per heavy atom. The van der Waals surface area contributed by atoms with Gasteiger partial charge in [-0.05, 0) is 30.5 Å². The van der Waals surface area contributed by atoms with E-state index < -0.39 is 10.0 Å².